The van der Waals surface area contributed by atoms with Gasteiger partial charge in [0.25, 0.3) is 5.91 Å². The van der Waals surface area contributed by atoms with E-state index in [2.05, 4.69) is 10.6 Å². The van der Waals surface area contributed by atoms with Gasteiger partial charge in [-0.15, -0.1) is 0 Å². The summed E-state index contributed by atoms with van der Waals surface area (Å²) in [6, 6.07) is 2.24. The molecule has 116 valence electrons. The van der Waals surface area contributed by atoms with Crippen molar-refractivity contribution in [3.05, 3.63) is 27.7 Å². The third kappa shape index (κ3) is 4.79. The maximum atomic E-state index is 12.2. The summed E-state index contributed by atoms with van der Waals surface area (Å²) in [5.74, 6) is -0.413. The van der Waals surface area contributed by atoms with Gasteiger partial charge in [0.15, 0.2) is 0 Å². The molecule has 1 rings (SSSR count). The minimum atomic E-state index is -0.613. The summed E-state index contributed by atoms with van der Waals surface area (Å²) < 4.78 is 0. The topological polar surface area (TPSA) is 84.2 Å². The van der Waals surface area contributed by atoms with Crippen LogP contribution >= 0.6 is 23.2 Å². The minimum Gasteiger partial charge on any atom is -0.396 e. The number of hydrogen-bond donors (Lipinski definition) is 3. The maximum Gasteiger partial charge on any atom is 0.252 e. The highest BCUT2D eigenvalue weighted by Crippen LogP contribution is 2.28. The van der Waals surface area contributed by atoms with Crippen LogP contribution in [0, 0.1) is 5.92 Å². The molecule has 0 radical (unpaired) electrons. The highest BCUT2D eigenvalue weighted by Gasteiger charge is 2.22. The fourth-order valence-corrected chi connectivity index (χ4v) is 2.32. The summed E-state index contributed by atoms with van der Waals surface area (Å²) in [5, 5.41) is 5.62. The average Bonchev–Trinajstić information content (AvgIpc) is 2.41. The summed E-state index contributed by atoms with van der Waals surface area (Å²) in [6.45, 7) is 3.94. The molecule has 0 aliphatic rings. The number of carbonyl (C=O) groups excluding carboxylic acids is 2. The molecule has 0 aliphatic carbocycles. The number of nitrogen functional groups attached to an aromatic ring is 1. The van der Waals surface area contributed by atoms with Gasteiger partial charge in [0.2, 0.25) is 5.91 Å². The predicted octanol–water partition coefficient (Wildman–Crippen LogP) is 2.47. The van der Waals surface area contributed by atoms with E-state index in [1.807, 2.05) is 13.8 Å². The average molecular weight is 332 g/mol. The van der Waals surface area contributed by atoms with Crippen LogP contribution in [0.15, 0.2) is 12.1 Å². The van der Waals surface area contributed by atoms with Crippen molar-refractivity contribution in [1.29, 1.82) is 0 Å². The van der Waals surface area contributed by atoms with Crippen molar-refractivity contribution in [2.75, 3.05) is 12.8 Å². The lowest BCUT2D eigenvalue weighted by atomic mass is 10.0. The van der Waals surface area contributed by atoms with E-state index in [0.717, 1.165) is 0 Å². The standard InChI is InChI=1S/C14H19Cl2N3O2/c1-7(2)4-11(14(21)18-3)19-13(20)8-5-9(15)12(17)10(16)6-8/h5-7,11H,4,17H2,1-3H3,(H,18,21)(H,19,20). The first-order valence-corrected chi connectivity index (χ1v) is 7.28. The summed E-state index contributed by atoms with van der Waals surface area (Å²) in [6.07, 6.45) is 0.530. The lowest BCUT2D eigenvalue weighted by Crippen LogP contribution is -2.46. The maximum absolute atomic E-state index is 12.2. The lowest BCUT2D eigenvalue weighted by Gasteiger charge is -2.19. The Morgan fingerprint density at radius 3 is 2.19 bits per heavy atom. The Morgan fingerprint density at radius 1 is 1.24 bits per heavy atom. The van der Waals surface area contributed by atoms with E-state index in [4.69, 9.17) is 28.9 Å². The number of nitrogens with one attached hydrogen (secondary N) is 2. The molecule has 2 amide bonds. The number of halogens is 2. The second-order valence-electron chi connectivity index (χ2n) is 5.12. The van der Waals surface area contributed by atoms with Gasteiger partial charge < -0.3 is 16.4 Å². The van der Waals surface area contributed by atoms with Crippen LogP contribution in [0.4, 0.5) is 5.69 Å². The SMILES string of the molecule is CNC(=O)C(CC(C)C)NC(=O)c1cc(Cl)c(N)c(Cl)c1. The zero-order chi connectivity index (χ0) is 16.2. The van der Waals surface area contributed by atoms with Gasteiger partial charge in [0.05, 0.1) is 15.7 Å². The van der Waals surface area contributed by atoms with Crippen LogP contribution in [0.2, 0.25) is 10.0 Å². The molecule has 5 nitrogen and oxygen atoms in total. The van der Waals surface area contributed by atoms with Crippen molar-refractivity contribution in [3.63, 3.8) is 0 Å². The van der Waals surface area contributed by atoms with E-state index in [1.165, 1.54) is 19.2 Å². The Morgan fingerprint density at radius 2 is 1.76 bits per heavy atom. The Hall–Kier alpha value is -1.46. The number of carbonyl (C=O) groups is 2. The molecule has 1 atom stereocenters. The molecule has 0 heterocycles. The van der Waals surface area contributed by atoms with E-state index in [0.29, 0.717) is 6.42 Å². The summed E-state index contributed by atoms with van der Waals surface area (Å²) >= 11 is 11.8. The van der Waals surface area contributed by atoms with Crippen LogP contribution in [0.3, 0.4) is 0 Å². The molecule has 0 bridgehead atoms. The van der Waals surface area contributed by atoms with Crippen molar-refractivity contribution in [2.24, 2.45) is 5.92 Å². The van der Waals surface area contributed by atoms with Crippen molar-refractivity contribution < 1.29 is 9.59 Å². The van der Waals surface area contributed by atoms with Gasteiger partial charge in [-0.2, -0.15) is 0 Å². The first kappa shape index (κ1) is 17.6. The molecule has 1 aromatic carbocycles. The number of likely N-dealkylation sites (N-methyl/N-ethyl adjacent to an activating group) is 1. The predicted molar refractivity (Wildman–Crippen MR) is 85.7 cm³/mol. The smallest absolute Gasteiger partial charge is 0.252 e. The van der Waals surface area contributed by atoms with Gasteiger partial charge >= 0.3 is 0 Å². The fourth-order valence-electron chi connectivity index (χ4n) is 1.83. The Kier molecular flexibility index (Phi) is 6.30. The fraction of sp³-hybridized carbons (Fsp3) is 0.429. The normalized spacial score (nSPS) is 12.1. The van der Waals surface area contributed by atoms with Crippen molar-refractivity contribution in [2.45, 2.75) is 26.3 Å². The van der Waals surface area contributed by atoms with Crippen molar-refractivity contribution in [1.82, 2.24) is 10.6 Å². The molecule has 0 saturated heterocycles. The van der Waals surface area contributed by atoms with E-state index >= 15 is 0 Å². The van der Waals surface area contributed by atoms with Crippen molar-refractivity contribution >= 4 is 40.7 Å². The lowest BCUT2D eigenvalue weighted by molar-refractivity contribution is -0.122. The van der Waals surface area contributed by atoms with Crippen LogP contribution < -0.4 is 16.4 Å². The van der Waals surface area contributed by atoms with Gasteiger partial charge in [-0.3, -0.25) is 9.59 Å². The summed E-state index contributed by atoms with van der Waals surface area (Å²) in [5.41, 5.74) is 6.11. The minimum absolute atomic E-state index is 0.202. The second-order valence-corrected chi connectivity index (χ2v) is 5.94. The van der Waals surface area contributed by atoms with Gasteiger partial charge in [0.1, 0.15) is 6.04 Å². The van der Waals surface area contributed by atoms with Crippen LogP contribution in [-0.4, -0.2) is 24.9 Å². The molecule has 21 heavy (non-hydrogen) atoms. The largest absolute Gasteiger partial charge is 0.396 e. The first-order chi connectivity index (χ1) is 9.76. The molecular formula is C14H19Cl2N3O2. The van der Waals surface area contributed by atoms with Crippen LogP contribution in [-0.2, 0) is 4.79 Å². The van der Waals surface area contributed by atoms with Gasteiger partial charge in [-0.1, -0.05) is 37.0 Å². The number of benzene rings is 1. The Balaban J connectivity index is 2.94. The van der Waals surface area contributed by atoms with Gasteiger partial charge in [-0.05, 0) is 24.5 Å². The molecule has 7 heteroatoms. The third-order valence-corrected chi connectivity index (χ3v) is 3.54. The van der Waals surface area contributed by atoms with Crippen molar-refractivity contribution in [3.8, 4) is 0 Å². The van der Waals surface area contributed by atoms with Crippen LogP contribution in [0.25, 0.3) is 0 Å². The number of amides is 2. The second kappa shape index (κ2) is 7.52. The first-order valence-electron chi connectivity index (χ1n) is 6.53. The van der Waals surface area contributed by atoms with Gasteiger partial charge in [-0.25, -0.2) is 0 Å². The number of anilines is 1. The molecule has 1 aromatic rings. The monoisotopic (exact) mass is 331 g/mol. The quantitative estimate of drug-likeness (QED) is 0.724. The molecule has 0 fully saturated rings. The van der Waals surface area contributed by atoms with Crippen LogP contribution in [0.1, 0.15) is 30.6 Å². The van der Waals surface area contributed by atoms with E-state index in [9.17, 15) is 9.59 Å². The highest BCUT2D eigenvalue weighted by molar-refractivity contribution is 6.39. The molecule has 0 spiro atoms. The molecular weight excluding hydrogens is 313 g/mol. The molecule has 0 aromatic heterocycles. The highest BCUT2D eigenvalue weighted by atomic mass is 35.5. The molecule has 0 aliphatic heterocycles. The zero-order valence-corrected chi connectivity index (χ0v) is 13.7. The van der Waals surface area contributed by atoms with E-state index in [-0.39, 0.29) is 33.1 Å². The summed E-state index contributed by atoms with van der Waals surface area (Å²) in [4.78, 5) is 24.0. The van der Waals surface area contributed by atoms with E-state index < -0.39 is 11.9 Å². The molecule has 1 unspecified atom stereocenters. The van der Waals surface area contributed by atoms with E-state index in [1.54, 1.807) is 0 Å². The Bertz CT molecular complexity index is 524. The molecule has 4 N–H and O–H groups in total. The number of hydrogen-bond acceptors (Lipinski definition) is 3. The van der Waals surface area contributed by atoms with Crippen LogP contribution in [0.5, 0.6) is 0 Å². The molecule has 0 saturated carbocycles. The number of rotatable bonds is 5. The summed E-state index contributed by atoms with van der Waals surface area (Å²) in [7, 11) is 1.53. The number of nitrogens with two attached hydrogens (primary N) is 1. The third-order valence-electron chi connectivity index (χ3n) is 2.92. The Labute approximate surface area is 134 Å². The zero-order valence-electron chi connectivity index (χ0n) is 12.2. The van der Waals surface area contributed by atoms with Gasteiger partial charge in [0, 0.05) is 12.6 Å².